The Morgan fingerprint density at radius 1 is 1.17 bits per heavy atom. The first kappa shape index (κ1) is 17.3. The smallest absolute Gasteiger partial charge is 0.204 e. The minimum atomic E-state index is -0.0935. The maximum atomic E-state index is 11.6. The molecule has 2 aromatic carbocycles. The summed E-state index contributed by atoms with van der Waals surface area (Å²) >= 11 is 0. The van der Waals surface area contributed by atoms with Crippen LogP contribution in [0.15, 0.2) is 46.9 Å². The van der Waals surface area contributed by atoms with E-state index in [0.717, 1.165) is 16.5 Å². The van der Waals surface area contributed by atoms with Crippen molar-refractivity contribution in [3.8, 4) is 16.9 Å². The van der Waals surface area contributed by atoms with Gasteiger partial charge in [0.15, 0.2) is 22.9 Å². The molecule has 1 amide bonds. The van der Waals surface area contributed by atoms with Gasteiger partial charge in [-0.05, 0) is 41.8 Å². The molecule has 124 valence electrons. The molecule has 1 heterocycles. The number of benzene rings is 2. The van der Waals surface area contributed by atoms with Gasteiger partial charge in [-0.15, -0.1) is 0 Å². The van der Waals surface area contributed by atoms with Crippen LogP contribution in [0.1, 0.15) is 23.0 Å². The molecule has 0 atom stereocenters. The van der Waals surface area contributed by atoms with Crippen LogP contribution >= 0.6 is 0 Å². The number of nitrogens with two attached hydrogens (primary N) is 1. The summed E-state index contributed by atoms with van der Waals surface area (Å²) in [6.07, 6.45) is 0.250. The van der Waals surface area contributed by atoms with E-state index in [9.17, 15) is 4.79 Å². The highest BCUT2D eigenvalue weighted by atomic mass is 16.5. The van der Waals surface area contributed by atoms with Gasteiger partial charge in [0.2, 0.25) is 6.41 Å². The van der Waals surface area contributed by atoms with Crippen molar-refractivity contribution in [3.05, 3.63) is 53.8 Å². The van der Waals surface area contributed by atoms with Crippen molar-refractivity contribution in [2.24, 2.45) is 5.73 Å². The van der Waals surface area contributed by atoms with E-state index in [0.29, 0.717) is 17.1 Å². The lowest BCUT2D eigenvalue weighted by Crippen LogP contribution is -1.87. The third-order valence-corrected chi connectivity index (χ3v) is 3.65. The number of hydrogen-bond donors (Lipinski definition) is 1. The van der Waals surface area contributed by atoms with Crippen LogP contribution in [-0.4, -0.2) is 19.3 Å². The number of carbonyl (C=O) groups is 2. The van der Waals surface area contributed by atoms with Gasteiger partial charge in [-0.25, -0.2) is 0 Å². The standard InChI is InChI=1S/C18H16O3.CH3NO/c1-11-6-4-5-7-13(11)14-8-9-16(20-3)18-15(14)10-17(21-18)12(2)19;2-1-3/h4-10H,1-3H3;1H,(H2,2,3). The predicted octanol–water partition coefficient (Wildman–Crippen LogP) is 3.72. The fraction of sp³-hybridized carbons (Fsp3) is 0.158. The topological polar surface area (TPSA) is 82.5 Å². The van der Waals surface area contributed by atoms with Crippen LogP contribution in [0.5, 0.6) is 5.75 Å². The molecule has 0 saturated heterocycles. The number of ether oxygens (including phenoxy) is 1. The van der Waals surface area contributed by atoms with Crippen molar-refractivity contribution >= 4 is 23.2 Å². The molecule has 0 aliphatic carbocycles. The van der Waals surface area contributed by atoms with Gasteiger partial charge in [0.1, 0.15) is 0 Å². The van der Waals surface area contributed by atoms with Gasteiger partial charge >= 0.3 is 0 Å². The van der Waals surface area contributed by atoms with Crippen molar-refractivity contribution < 1.29 is 18.7 Å². The van der Waals surface area contributed by atoms with E-state index in [1.807, 2.05) is 24.3 Å². The molecule has 5 heteroatoms. The number of carbonyl (C=O) groups excluding carboxylic acids is 2. The molecular weight excluding hydrogens is 306 g/mol. The summed E-state index contributed by atoms with van der Waals surface area (Å²) in [6.45, 7) is 3.56. The lowest BCUT2D eigenvalue weighted by Gasteiger charge is -2.08. The first-order chi connectivity index (χ1) is 11.5. The highest BCUT2D eigenvalue weighted by Crippen LogP contribution is 2.37. The number of amides is 1. The van der Waals surface area contributed by atoms with Crippen LogP contribution < -0.4 is 10.5 Å². The van der Waals surface area contributed by atoms with Gasteiger partial charge in [-0.2, -0.15) is 0 Å². The largest absolute Gasteiger partial charge is 0.493 e. The fourth-order valence-electron chi connectivity index (χ4n) is 2.54. The molecule has 5 nitrogen and oxygen atoms in total. The third-order valence-electron chi connectivity index (χ3n) is 3.65. The van der Waals surface area contributed by atoms with Gasteiger partial charge in [0.05, 0.1) is 7.11 Å². The van der Waals surface area contributed by atoms with E-state index < -0.39 is 0 Å². The van der Waals surface area contributed by atoms with E-state index in [1.165, 1.54) is 12.5 Å². The molecule has 0 spiro atoms. The van der Waals surface area contributed by atoms with E-state index in [1.54, 1.807) is 13.2 Å². The molecule has 0 radical (unpaired) electrons. The Kier molecular flexibility index (Phi) is 5.37. The predicted molar refractivity (Wildman–Crippen MR) is 93.2 cm³/mol. The SMILES string of the molecule is COc1ccc(-c2ccccc2C)c2cc(C(C)=O)oc12.NC=O. The average Bonchev–Trinajstić information content (AvgIpc) is 3.01. The number of ketones is 1. The van der Waals surface area contributed by atoms with E-state index in [2.05, 4.69) is 24.8 Å². The Morgan fingerprint density at radius 2 is 1.83 bits per heavy atom. The second-order valence-corrected chi connectivity index (χ2v) is 5.18. The van der Waals surface area contributed by atoms with E-state index in [-0.39, 0.29) is 12.2 Å². The molecule has 0 aliphatic rings. The lowest BCUT2D eigenvalue weighted by atomic mass is 9.97. The maximum absolute atomic E-state index is 11.6. The van der Waals surface area contributed by atoms with E-state index in [4.69, 9.17) is 13.9 Å². The van der Waals surface area contributed by atoms with Crippen LogP contribution in [0.3, 0.4) is 0 Å². The van der Waals surface area contributed by atoms with Crippen molar-refractivity contribution in [2.75, 3.05) is 7.11 Å². The van der Waals surface area contributed by atoms with Crippen LogP contribution in [0, 0.1) is 6.92 Å². The van der Waals surface area contributed by atoms with Crippen molar-refractivity contribution in [1.29, 1.82) is 0 Å². The number of hydrogen-bond acceptors (Lipinski definition) is 4. The summed E-state index contributed by atoms with van der Waals surface area (Å²) in [7, 11) is 1.60. The summed E-state index contributed by atoms with van der Waals surface area (Å²) < 4.78 is 11.0. The average molecular weight is 325 g/mol. The molecule has 0 fully saturated rings. The molecule has 0 bridgehead atoms. The van der Waals surface area contributed by atoms with Gasteiger partial charge in [-0.3, -0.25) is 9.59 Å². The zero-order valence-corrected chi connectivity index (χ0v) is 13.8. The zero-order chi connectivity index (χ0) is 17.7. The van der Waals surface area contributed by atoms with E-state index >= 15 is 0 Å². The molecule has 3 aromatic rings. The summed E-state index contributed by atoms with van der Waals surface area (Å²) in [5.74, 6) is 0.892. The Hall–Kier alpha value is -3.08. The van der Waals surface area contributed by atoms with Gasteiger partial charge < -0.3 is 14.9 Å². The summed E-state index contributed by atoms with van der Waals surface area (Å²) in [6, 6.07) is 13.8. The molecule has 0 aliphatic heterocycles. The molecule has 0 saturated carbocycles. The molecule has 0 unspecified atom stereocenters. The number of methoxy groups -OCH3 is 1. The van der Waals surface area contributed by atoms with Gasteiger partial charge in [-0.1, -0.05) is 24.3 Å². The summed E-state index contributed by atoms with van der Waals surface area (Å²) in [5, 5.41) is 0.897. The molecule has 3 rings (SSSR count). The second kappa shape index (κ2) is 7.46. The number of furan rings is 1. The number of rotatable bonds is 3. The first-order valence-corrected chi connectivity index (χ1v) is 7.36. The molecular formula is C19H19NO4. The Labute approximate surface area is 140 Å². The fourth-order valence-corrected chi connectivity index (χ4v) is 2.54. The number of Topliss-reactive ketones (excluding diaryl/α,β-unsaturated/α-hetero) is 1. The molecule has 2 N–H and O–H groups in total. The first-order valence-electron chi connectivity index (χ1n) is 7.36. The third kappa shape index (κ3) is 3.30. The van der Waals surface area contributed by atoms with Crippen LogP contribution in [0.2, 0.25) is 0 Å². The van der Waals surface area contributed by atoms with Crippen molar-refractivity contribution in [1.82, 2.24) is 0 Å². The highest BCUT2D eigenvalue weighted by molar-refractivity contribution is 6.03. The Morgan fingerprint density at radius 3 is 2.42 bits per heavy atom. The Balaban J connectivity index is 0.000000647. The van der Waals surface area contributed by atoms with Crippen molar-refractivity contribution in [2.45, 2.75) is 13.8 Å². The minimum Gasteiger partial charge on any atom is -0.493 e. The maximum Gasteiger partial charge on any atom is 0.204 e. The Bertz CT molecular complexity index is 880. The number of aryl methyl sites for hydroxylation is 1. The monoisotopic (exact) mass is 325 g/mol. The van der Waals surface area contributed by atoms with Crippen LogP contribution in [0.25, 0.3) is 22.1 Å². The second-order valence-electron chi connectivity index (χ2n) is 5.18. The van der Waals surface area contributed by atoms with Crippen molar-refractivity contribution in [3.63, 3.8) is 0 Å². The lowest BCUT2D eigenvalue weighted by molar-refractivity contribution is -0.106. The summed E-state index contributed by atoms with van der Waals surface area (Å²) in [5.41, 5.74) is 8.12. The van der Waals surface area contributed by atoms with Crippen LogP contribution in [-0.2, 0) is 4.79 Å². The van der Waals surface area contributed by atoms with Gasteiger partial charge in [0, 0.05) is 12.3 Å². The number of primary amides is 1. The van der Waals surface area contributed by atoms with Gasteiger partial charge in [0.25, 0.3) is 0 Å². The molecule has 1 aromatic heterocycles. The zero-order valence-electron chi connectivity index (χ0n) is 13.8. The number of fused-ring (bicyclic) bond motifs is 1. The highest BCUT2D eigenvalue weighted by Gasteiger charge is 2.16. The quantitative estimate of drug-likeness (QED) is 0.587. The van der Waals surface area contributed by atoms with Crippen LogP contribution in [0.4, 0.5) is 0 Å². The minimum absolute atomic E-state index is 0.0935. The summed E-state index contributed by atoms with van der Waals surface area (Å²) in [4.78, 5) is 20.2. The normalized spacial score (nSPS) is 9.96. The molecule has 24 heavy (non-hydrogen) atoms.